The molecule has 102 valence electrons. The van der Waals surface area contributed by atoms with Gasteiger partial charge in [-0.2, -0.15) is 11.3 Å². The third-order valence-corrected chi connectivity index (χ3v) is 4.68. The fourth-order valence-electron chi connectivity index (χ4n) is 2.90. The highest BCUT2D eigenvalue weighted by Gasteiger charge is 2.27. The minimum atomic E-state index is 0.606. The zero-order chi connectivity index (χ0) is 13.5. The van der Waals surface area contributed by atoms with E-state index in [1.165, 1.54) is 12.0 Å². The summed E-state index contributed by atoms with van der Waals surface area (Å²) in [6.45, 7) is 2.04. The number of hydrogen-bond donors (Lipinski definition) is 0. The molecule has 1 unspecified atom stereocenters. The van der Waals surface area contributed by atoms with E-state index in [-0.39, 0.29) is 0 Å². The molecule has 3 aromatic rings. The number of rotatable bonds is 2. The molecule has 3 aromatic heterocycles. The van der Waals surface area contributed by atoms with Crippen molar-refractivity contribution in [2.24, 2.45) is 7.05 Å². The summed E-state index contributed by atoms with van der Waals surface area (Å²) in [6, 6.07) is 2.23. The van der Waals surface area contributed by atoms with E-state index in [0.29, 0.717) is 5.92 Å². The van der Waals surface area contributed by atoms with Gasteiger partial charge in [-0.05, 0) is 28.8 Å². The van der Waals surface area contributed by atoms with Gasteiger partial charge >= 0.3 is 0 Å². The van der Waals surface area contributed by atoms with Crippen molar-refractivity contribution < 1.29 is 0 Å². The first-order valence-electron chi connectivity index (χ1n) is 6.72. The maximum absolute atomic E-state index is 4.46. The van der Waals surface area contributed by atoms with Gasteiger partial charge in [0.2, 0.25) is 0 Å². The van der Waals surface area contributed by atoms with Gasteiger partial charge in [-0.25, -0.2) is 15.0 Å². The SMILES string of the molecule is Cn1cnc2c(N3CCC(c4ccsc4)C3)ncnc21. The Hall–Kier alpha value is -1.95. The molecule has 1 aliphatic heterocycles. The Balaban J connectivity index is 1.67. The highest BCUT2D eigenvalue weighted by molar-refractivity contribution is 7.07. The van der Waals surface area contributed by atoms with Gasteiger partial charge < -0.3 is 9.47 Å². The molecule has 5 nitrogen and oxygen atoms in total. The number of fused-ring (bicyclic) bond motifs is 1. The molecule has 1 aliphatic rings. The van der Waals surface area contributed by atoms with E-state index in [1.54, 1.807) is 24.0 Å². The van der Waals surface area contributed by atoms with Crippen LogP contribution >= 0.6 is 11.3 Å². The van der Waals surface area contributed by atoms with Crippen LogP contribution in [0.15, 0.2) is 29.5 Å². The average Bonchev–Trinajstić information content (AvgIpc) is 3.18. The Morgan fingerprint density at radius 3 is 3.10 bits per heavy atom. The van der Waals surface area contributed by atoms with Gasteiger partial charge in [0.25, 0.3) is 0 Å². The molecule has 0 spiro atoms. The van der Waals surface area contributed by atoms with E-state index in [4.69, 9.17) is 0 Å². The van der Waals surface area contributed by atoms with Crippen LogP contribution in [0, 0.1) is 0 Å². The lowest BCUT2D eigenvalue weighted by Crippen LogP contribution is -2.20. The molecular weight excluding hydrogens is 270 g/mol. The average molecular weight is 285 g/mol. The van der Waals surface area contributed by atoms with Crippen LogP contribution in [-0.2, 0) is 7.05 Å². The Bertz CT molecular complexity index is 733. The summed E-state index contributed by atoms with van der Waals surface area (Å²) in [5.74, 6) is 1.57. The van der Waals surface area contributed by atoms with Crippen LogP contribution in [0.2, 0.25) is 0 Å². The topological polar surface area (TPSA) is 46.8 Å². The molecule has 4 heterocycles. The van der Waals surface area contributed by atoms with Crippen LogP contribution in [0.3, 0.4) is 0 Å². The highest BCUT2D eigenvalue weighted by Crippen LogP contribution is 2.32. The lowest BCUT2D eigenvalue weighted by Gasteiger charge is -2.17. The van der Waals surface area contributed by atoms with Crippen molar-refractivity contribution in [1.82, 2.24) is 19.5 Å². The van der Waals surface area contributed by atoms with Gasteiger partial charge in [-0.15, -0.1) is 0 Å². The number of imidazole rings is 1. The third kappa shape index (κ3) is 1.79. The molecule has 0 bridgehead atoms. The van der Waals surface area contributed by atoms with E-state index in [9.17, 15) is 0 Å². The number of nitrogens with zero attached hydrogens (tertiary/aromatic N) is 5. The van der Waals surface area contributed by atoms with E-state index in [0.717, 1.165) is 30.1 Å². The lowest BCUT2D eigenvalue weighted by atomic mass is 10.0. The molecule has 0 radical (unpaired) electrons. The fourth-order valence-corrected chi connectivity index (χ4v) is 3.64. The van der Waals surface area contributed by atoms with Crippen molar-refractivity contribution in [3.63, 3.8) is 0 Å². The van der Waals surface area contributed by atoms with Crippen molar-refractivity contribution in [2.75, 3.05) is 18.0 Å². The van der Waals surface area contributed by atoms with E-state index in [1.807, 2.05) is 11.6 Å². The first-order chi connectivity index (χ1) is 9.83. The molecule has 0 saturated carbocycles. The summed E-state index contributed by atoms with van der Waals surface area (Å²) < 4.78 is 1.94. The van der Waals surface area contributed by atoms with Gasteiger partial charge in [0.05, 0.1) is 6.33 Å². The maximum Gasteiger partial charge on any atom is 0.165 e. The minimum Gasteiger partial charge on any atom is -0.354 e. The van der Waals surface area contributed by atoms with Gasteiger partial charge in [0.1, 0.15) is 6.33 Å². The van der Waals surface area contributed by atoms with Gasteiger partial charge in [0.15, 0.2) is 17.0 Å². The van der Waals surface area contributed by atoms with Crippen LogP contribution in [0.4, 0.5) is 5.82 Å². The lowest BCUT2D eigenvalue weighted by molar-refractivity contribution is 0.778. The minimum absolute atomic E-state index is 0.606. The van der Waals surface area contributed by atoms with Crippen molar-refractivity contribution in [1.29, 1.82) is 0 Å². The monoisotopic (exact) mass is 285 g/mol. The zero-order valence-corrected chi connectivity index (χ0v) is 12.0. The standard InChI is InChI=1S/C14H15N5S/c1-18-9-17-12-13(18)15-8-16-14(12)19-4-2-10(6-19)11-3-5-20-7-11/h3,5,7-10H,2,4,6H2,1H3. The quantitative estimate of drug-likeness (QED) is 0.725. The second-order valence-electron chi connectivity index (χ2n) is 5.21. The molecule has 1 atom stereocenters. The first-order valence-corrected chi connectivity index (χ1v) is 7.66. The summed E-state index contributed by atoms with van der Waals surface area (Å²) in [7, 11) is 1.96. The highest BCUT2D eigenvalue weighted by atomic mass is 32.1. The van der Waals surface area contributed by atoms with Crippen LogP contribution < -0.4 is 4.90 Å². The van der Waals surface area contributed by atoms with Crippen LogP contribution in [0.1, 0.15) is 17.9 Å². The second kappa shape index (κ2) is 4.56. The maximum atomic E-state index is 4.46. The van der Waals surface area contributed by atoms with E-state index in [2.05, 4.69) is 36.7 Å². The van der Waals surface area contributed by atoms with Crippen LogP contribution in [0.25, 0.3) is 11.2 Å². The smallest absolute Gasteiger partial charge is 0.165 e. The molecular formula is C14H15N5S. The van der Waals surface area contributed by atoms with Gasteiger partial charge in [-0.1, -0.05) is 0 Å². The Morgan fingerprint density at radius 1 is 1.30 bits per heavy atom. The van der Waals surface area contributed by atoms with Crippen molar-refractivity contribution in [3.05, 3.63) is 35.0 Å². The van der Waals surface area contributed by atoms with E-state index < -0.39 is 0 Å². The largest absolute Gasteiger partial charge is 0.354 e. The summed E-state index contributed by atoms with van der Waals surface area (Å²) in [5, 5.41) is 4.41. The number of anilines is 1. The van der Waals surface area contributed by atoms with Crippen molar-refractivity contribution >= 4 is 28.3 Å². The number of thiophene rings is 1. The first kappa shape index (κ1) is 11.8. The summed E-state index contributed by atoms with van der Waals surface area (Å²) in [5.41, 5.74) is 3.25. The molecule has 4 rings (SSSR count). The normalized spacial score (nSPS) is 19.1. The molecule has 0 N–H and O–H groups in total. The molecule has 1 saturated heterocycles. The van der Waals surface area contributed by atoms with Crippen molar-refractivity contribution in [3.8, 4) is 0 Å². The molecule has 0 aromatic carbocycles. The van der Waals surface area contributed by atoms with Crippen LogP contribution in [-0.4, -0.2) is 32.6 Å². The summed E-state index contributed by atoms with van der Waals surface area (Å²) in [6.07, 6.45) is 4.61. The summed E-state index contributed by atoms with van der Waals surface area (Å²) >= 11 is 1.77. The summed E-state index contributed by atoms with van der Waals surface area (Å²) in [4.78, 5) is 15.5. The fraction of sp³-hybridized carbons (Fsp3) is 0.357. The number of aromatic nitrogens is 4. The van der Waals surface area contributed by atoms with Gasteiger partial charge in [-0.3, -0.25) is 0 Å². The second-order valence-corrected chi connectivity index (χ2v) is 5.99. The van der Waals surface area contributed by atoms with E-state index >= 15 is 0 Å². The number of aryl methyl sites for hydroxylation is 1. The van der Waals surface area contributed by atoms with Crippen molar-refractivity contribution in [2.45, 2.75) is 12.3 Å². The molecule has 6 heteroatoms. The predicted octanol–water partition coefficient (Wildman–Crippen LogP) is 2.42. The zero-order valence-electron chi connectivity index (χ0n) is 11.2. The molecule has 1 fully saturated rings. The Morgan fingerprint density at radius 2 is 2.25 bits per heavy atom. The molecule has 0 amide bonds. The number of hydrogen-bond acceptors (Lipinski definition) is 5. The predicted molar refractivity (Wildman–Crippen MR) is 80.2 cm³/mol. The molecule has 0 aliphatic carbocycles. The van der Waals surface area contributed by atoms with Crippen LogP contribution in [0.5, 0.6) is 0 Å². The Labute approximate surface area is 120 Å². The Kier molecular flexibility index (Phi) is 2.70. The molecule has 20 heavy (non-hydrogen) atoms. The third-order valence-electron chi connectivity index (χ3n) is 3.98. The van der Waals surface area contributed by atoms with Gasteiger partial charge in [0, 0.05) is 26.1 Å².